The lowest BCUT2D eigenvalue weighted by molar-refractivity contribution is 0.0613. The molecule has 1 heterocycles. The lowest BCUT2D eigenvalue weighted by Gasteiger charge is -2.40. The van der Waals surface area contributed by atoms with Crippen molar-refractivity contribution in [3.8, 4) is 11.1 Å². The van der Waals surface area contributed by atoms with E-state index in [2.05, 4.69) is 115 Å². The van der Waals surface area contributed by atoms with Crippen LogP contribution >= 0.6 is 0 Å². The molecule has 0 radical (unpaired) electrons. The summed E-state index contributed by atoms with van der Waals surface area (Å²) in [6, 6.07) is 39.0. The Labute approximate surface area is 197 Å². The highest BCUT2D eigenvalue weighted by molar-refractivity contribution is 5.67. The number of hydrogen-bond donors (Lipinski definition) is 1. The Kier molecular flexibility index (Phi) is 6.66. The third-order valence-corrected chi connectivity index (χ3v) is 6.84. The zero-order valence-corrected chi connectivity index (χ0v) is 19.0. The summed E-state index contributed by atoms with van der Waals surface area (Å²) >= 11 is 0. The number of nitrogens with one attached hydrogen (secondary N) is 1. The molecule has 2 nitrogen and oxygen atoms in total. The van der Waals surface area contributed by atoms with Crippen molar-refractivity contribution in [1.82, 2.24) is 5.32 Å². The lowest BCUT2D eigenvalue weighted by Crippen LogP contribution is -2.38. The summed E-state index contributed by atoms with van der Waals surface area (Å²) in [4.78, 5) is 0. The minimum Gasteiger partial charge on any atom is -0.375 e. The second-order valence-corrected chi connectivity index (χ2v) is 8.90. The van der Waals surface area contributed by atoms with Gasteiger partial charge in [-0.3, -0.25) is 0 Å². The molecule has 33 heavy (non-hydrogen) atoms. The zero-order chi connectivity index (χ0) is 22.3. The van der Waals surface area contributed by atoms with Crippen molar-refractivity contribution in [3.05, 3.63) is 131 Å². The maximum Gasteiger partial charge on any atom is 0.0720 e. The van der Waals surface area contributed by atoms with Crippen LogP contribution in [0.5, 0.6) is 0 Å². The average Bonchev–Trinajstić information content (AvgIpc) is 2.90. The van der Waals surface area contributed by atoms with E-state index in [1.165, 1.54) is 33.4 Å². The van der Waals surface area contributed by atoms with Gasteiger partial charge in [0.15, 0.2) is 0 Å². The predicted octanol–water partition coefficient (Wildman–Crippen LogP) is 6.74. The fraction of sp³-hybridized carbons (Fsp3) is 0.226. The molecule has 5 rings (SSSR count). The molecule has 0 saturated heterocycles. The molecule has 0 aliphatic carbocycles. The van der Waals surface area contributed by atoms with Crippen molar-refractivity contribution >= 4 is 0 Å². The van der Waals surface area contributed by atoms with E-state index in [1.54, 1.807) is 0 Å². The van der Waals surface area contributed by atoms with E-state index in [-0.39, 0.29) is 5.41 Å². The fourth-order valence-corrected chi connectivity index (χ4v) is 5.19. The topological polar surface area (TPSA) is 21.3 Å². The minimum atomic E-state index is -0.0836. The highest BCUT2D eigenvalue weighted by Gasteiger charge is 2.38. The summed E-state index contributed by atoms with van der Waals surface area (Å²) in [7, 11) is 0. The SMILES string of the molecule is c1ccc(-c2ccccc2CNCCCC2(c3ccccc3)COCc3ccccc32)cc1. The highest BCUT2D eigenvalue weighted by atomic mass is 16.5. The molecule has 0 aromatic heterocycles. The fourth-order valence-electron chi connectivity index (χ4n) is 5.19. The average molecular weight is 434 g/mol. The van der Waals surface area contributed by atoms with E-state index in [1.807, 2.05) is 0 Å². The zero-order valence-electron chi connectivity index (χ0n) is 19.0. The number of ether oxygens (including phenoxy) is 1. The minimum absolute atomic E-state index is 0.0836. The third kappa shape index (κ3) is 4.64. The molecule has 0 saturated carbocycles. The van der Waals surface area contributed by atoms with Gasteiger partial charge in [0, 0.05) is 12.0 Å². The first-order valence-electron chi connectivity index (χ1n) is 11.9. The predicted molar refractivity (Wildman–Crippen MR) is 136 cm³/mol. The molecule has 2 heteroatoms. The summed E-state index contributed by atoms with van der Waals surface area (Å²) in [6.45, 7) is 3.29. The molecule has 1 atom stereocenters. The van der Waals surface area contributed by atoms with Crippen molar-refractivity contribution in [2.24, 2.45) is 0 Å². The Morgan fingerprint density at radius 1 is 0.727 bits per heavy atom. The Morgan fingerprint density at radius 3 is 2.27 bits per heavy atom. The van der Waals surface area contributed by atoms with Crippen molar-refractivity contribution in [2.45, 2.75) is 31.4 Å². The van der Waals surface area contributed by atoms with Crippen LogP contribution in [0, 0.1) is 0 Å². The lowest BCUT2D eigenvalue weighted by atomic mass is 9.69. The Balaban J connectivity index is 1.29. The van der Waals surface area contributed by atoms with Crippen LogP contribution in [0.4, 0.5) is 0 Å². The molecule has 4 aromatic rings. The van der Waals surface area contributed by atoms with Gasteiger partial charge in [-0.15, -0.1) is 0 Å². The van der Waals surface area contributed by atoms with E-state index in [0.29, 0.717) is 6.61 Å². The van der Waals surface area contributed by atoms with Gasteiger partial charge in [0.2, 0.25) is 0 Å². The largest absolute Gasteiger partial charge is 0.375 e. The van der Waals surface area contributed by atoms with Gasteiger partial charge in [-0.05, 0) is 52.8 Å². The first-order valence-corrected chi connectivity index (χ1v) is 11.9. The van der Waals surface area contributed by atoms with Crippen LogP contribution in [0.3, 0.4) is 0 Å². The molecular formula is C31H31NO. The van der Waals surface area contributed by atoms with E-state index < -0.39 is 0 Å². The second kappa shape index (κ2) is 10.2. The van der Waals surface area contributed by atoms with Crippen LogP contribution in [-0.2, 0) is 23.3 Å². The quantitative estimate of drug-likeness (QED) is 0.311. The van der Waals surface area contributed by atoms with Crippen molar-refractivity contribution in [1.29, 1.82) is 0 Å². The Hall–Kier alpha value is -3.20. The van der Waals surface area contributed by atoms with Crippen LogP contribution in [0.15, 0.2) is 109 Å². The Morgan fingerprint density at radius 2 is 1.42 bits per heavy atom. The maximum atomic E-state index is 6.14. The van der Waals surface area contributed by atoms with Gasteiger partial charge in [-0.2, -0.15) is 0 Å². The summed E-state index contributed by atoms with van der Waals surface area (Å²) in [6.07, 6.45) is 2.14. The van der Waals surface area contributed by atoms with Gasteiger partial charge in [0.05, 0.1) is 13.2 Å². The first kappa shape index (κ1) is 21.6. The van der Waals surface area contributed by atoms with Gasteiger partial charge in [-0.1, -0.05) is 109 Å². The number of benzene rings is 4. The molecule has 0 spiro atoms. The number of hydrogen-bond acceptors (Lipinski definition) is 2. The van der Waals surface area contributed by atoms with E-state index in [0.717, 1.165) is 32.5 Å². The number of rotatable bonds is 8. The molecule has 0 fully saturated rings. The molecule has 1 aliphatic rings. The van der Waals surface area contributed by atoms with E-state index in [4.69, 9.17) is 4.74 Å². The normalized spacial score (nSPS) is 17.5. The molecular weight excluding hydrogens is 402 g/mol. The van der Waals surface area contributed by atoms with Gasteiger partial charge >= 0.3 is 0 Å². The van der Waals surface area contributed by atoms with Crippen LogP contribution in [-0.4, -0.2) is 13.2 Å². The molecule has 1 unspecified atom stereocenters. The van der Waals surface area contributed by atoms with Crippen LogP contribution in [0.25, 0.3) is 11.1 Å². The Bertz CT molecular complexity index is 1170. The monoisotopic (exact) mass is 433 g/mol. The third-order valence-electron chi connectivity index (χ3n) is 6.84. The van der Waals surface area contributed by atoms with Crippen LogP contribution in [0.1, 0.15) is 35.1 Å². The van der Waals surface area contributed by atoms with Gasteiger partial charge in [0.1, 0.15) is 0 Å². The molecule has 4 aromatic carbocycles. The highest BCUT2D eigenvalue weighted by Crippen LogP contribution is 2.41. The van der Waals surface area contributed by atoms with Crippen molar-refractivity contribution in [2.75, 3.05) is 13.2 Å². The van der Waals surface area contributed by atoms with E-state index in [9.17, 15) is 0 Å². The molecule has 0 bridgehead atoms. The molecule has 166 valence electrons. The molecule has 0 amide bonds. The summed E-state index contributed by atoms with van der Waals surface area (Å²) in [5.74, 6) is 0. The first-order chi connectivity index (χ1) is 16.4. The molecule has 1 N–H and O–H groups in total. The standard InChI is InChI=1S/C31H31NO/c1-3-12-25(13-4-1)29-18-9-7-14-26(29)22-32-21-11-20-31(28-16-5-2-6-17-28)24-33-23-27-15-8-10-19-30(27)31/h1-10,12-19,32H,11,20-24H2. The van der Waals surface area contributed by atoms with Gasteiger partial charge in [-0.25, -0.2) is 0 Å². The van der Waals surface area contributed by atoms with Gasteiger partial charge < -0.3 is 10.1 Å². The maximum absolute atomic E-state index is 6.14. The number of fused-ring (bicyclic) bond motifs is 1. The summed E-state index contributed by atoms with van der Waals surface area (Å²) < 4.78 is 6.14. The van der Waals surface area contributed by atoms with Crippen LogP contribution in [0.2, 0.25) is 0 Å². The summed E-state index contributed by atoms with van der Waals surface area (Å²) in [5.41, 5.74) is 7.93. The van der Waals surface area contributed by atoms with Gasteiger partial charge in [0.25, 0.3) is 0 Å². The van der Waals surface area contributed by atoms with Crippen molar-refractivity contribution < 1.29 is 4.74 Å². The van der Waals surface area contributed by atoms with Crippen molar-refractivity contribution in [3.63, 3.8) is 0 Å². The molecule has 1 aliphatic heterocycles. The van der Waals surface area contributed by atoms with Crippen LogP contribution < -0.4 is 5.32 Å². The smallest absolute Gasteiger partial charge is 0.0720 e. The second-order valence-electron chi connectivity index (χ2n) is 8.90. The summed E-state index contributed by atoms with van der Waals surface area (Å²) in [5, 5.41) is 3.70. The van der Waals surface area contributed by atoms with E-state index >= 15 is 0 Å².